The van der Waals surface area contributed by atoms with Crippen LogP contribution in [0.15, 0.2) is 18.2 Å². The van der Waals surface area contributed by atoms with Crippen LogP contribution in [0.3, 0.4) is 0 Å². The second-order valence-corrected chi connectivity index (χ2v) is 4.69. The molecule has 1 aromatic rings. The lowest BCUT2D eigenvalue weighted by Gasteiger charge is -2.34. The lowest BCUT2D eigenvalue weighted by Crippen LogP contribution is -2.55. The number of carbonyl (C=O) groups excluding carboxylic acids is 2. The average Bonchev–Trinajstić information content (AvgIpc) is 2.49. The van der Waals surface area contributed by atoms with E-state index in [0.717, 1.165) is 0 Å². The first-order valence-corrected chi connectivity index (χ1v) is 6.73. The molecule has 1 fully saturated rings. The number of ether oxygens (including phenoxy) is 1. The smallest absolute Gasteiger partial charge is 0.254 e. The molecule has 1 aliphatic heterocycles. The summed E-state index contributed by atoms with van der Waals surface area (Å²) in [6, 6.07) is 3.13. The van der Waals surface area contributed by atoms with Gasteiger partial charge in [0.25, 0.3) is 5.91 Å². The molecule has 1 heterocycles. The minimum atomic E-state index is -0.692. The maximum absolute atomic E-state index is 12.5. The number of hydrogen-bond donors (Lipinski definition) is 3. The maximum atomic E-state index is 12.5. The van der Waals surface area contributed by atoms with E-state index in [9.17, 15) is 19.8 Å². The third-order valence-corrected chi connectivity index (χ3v) is 3.27. The average molecular weight is 294 g/mol. The Bertz CT molecular complexity index is 546. The Morgan fingerprint density at radius 3 is 2.81 bits per heavy atom. The monoisotopic (exact) mass is 294 g/mol. The fourth-order valence-electron chi connectivity index (χ4n) is 2.18. The number of hydrogen-bond acceptors (Lipinski definition) is 5. The minimum absolute atomic E-state index is 0.141. The molecular formula is C14H18N2O5. The molecule has 7 heteroatoms. The van der Waals surface area contributed by atoms with Crippen molar-refractivity contribution in [1.82, 2.24) is 10.2 Å². The Balaban J connectivity index is 2.21. The van der Waals surface area contributed by atoms with Gasteiger partial charge in [-0.1, -0.05) is 0 Å². The first-order chi connectivity index (χ1) is 10.0. The summed E-state index contributed by atoms with van der Waals surface area (Å²) < 4.78 is 5.26. The van der Waals surface area contributed by atoms with Crippen molar-refractivity contribution in [2.75, 3.05) is 26.3 Å². The largest absolute Gasteiger partial charge is 0.504 e. The molecule has 7 nitrogen and oxygen atoms in total. The number of rotatable bonds is 3. The summed E-state index contributed by atoms with van der Waals surface area (Å²) in [7, 11) is 0. The molecule has 1 atom stereocenters. The maximum Gasteiger partial charge on any atom is 0.254 e. The molecule has 1 saturated heterocycles. The zero-order valence-electron chi connectivity index (χ0n) is 11.7. The van der Waals surface area contributed by atoms with Gasteiger partial charge in [-0.05, 0) is 25.1 Å². The SMILES string of the molecule is CCNC(=O)C1COCCN1C(=O)c1ccc(O)c(O)c1. The molecule has 114 valence electrons. The summed E-state index contributed by atoms with van der Waals surface area (Å²) in [5, 5.41) is 21.4. The Kier molecular flexibility index (Phi) is 4.64. The van der Waals surface area contributed by atoms with E-state index in [-0.39, 0.29) is 35.5 Å². The molecule has 2 amide bonds. The fourth-order valence-corrected chi connectivity index (χ4v) is 2.18. The Hall–Kier alpha value is -2.28. The third-order valence-electron chi connectivity index (χ3n) is 3.27. The van der Waals surface area contributed by atoms with Crippen molar-refractivity contribution in [2.24, 2.45) is 0 Å². The van der Waals surface area contributed by atoms with E-state index in [2.05, 4.69) is 5.32 Å². The molecule has 2 rings (SSSR count). The molecule has 0 spiro atoms. The van der Waals surface area contributed by atoms with E-state index in [0.29, 0.717) is 19.7 Å². The van der Waals surface area contributed by atoms with Gasteiger partial charge < -0.3 is 25.2 Å². The standard InChI is InChI=1S/C14H18N2O5/c1-2-15-13(19)10-8-21-6-5-16(10)14(20)9-3-4-11(17)12(18)7-9/h3-4,7,10,17-18H,2,5-6,8H2,1H3,(H,15,19). The van der Waals surface area contributed by atoms with Gasteiger partial charge in [0.15, 0.2) is 11.5 Å². The molecule has 0 bridgehead atoms. The fraction of sp³-hybridized carbons (Fsp3) is 0.429. The van der Waals surface area contributed by atoms with Gasteiger partial charge >= 0.3 is 0 Å². The zero-order chi connectivity index (χ0) is 15.4. The number of nitrogens with one attached hydrogen (secondary N) is 1. The van der Waals surface area contributed by atoms with Gasteiger partial charge in [0.05, 0.1) is 13.2 Å². The van der Waals surface area contributed by atoms with Gasteiger partial charge in [-0.15, -0.1) is 0 Å². The van der Waals surface area contributed by atoms with Gasteiger partial charge in [0.2, 0.25) is 5.91 Å². The highest BCUT2D eigenvalue weighted by Gasteiger charge is 2.33. The van der Waals surface area contributed by atoms with Crippen molar-refractivity contribution >= 4 is 11.8 Å². The summed E-state index contributed by atoms with van der Waals surface area (Å²) in [6.45, 7) is 3.05. The highest BCUT2D eigenvalue weighted by atomic mass is 16.5. The van der Waals surface area contributed by atoms with Crippen LogP contribution in [0.4, 0.5) is 0 Å². The normalized spacial score (nSPS) is 18.3. The summed E-state index contributed by atoms with van der Waals surface area (Å²) in [6.07, 6.45) is 0. The van der Waals surface area contributed by atoms with Crippen LogP contribution in [0.5, 0.6) is 11.5 Å². The third kappa shape index (κ3) is 3.25. The van der Waals surface area contributed by atoms with Crippen molar-refractivity contribution in [3.05, 3.63) is 23.8 Å². The van der Waals surface area contributed by atoms with Gasteiger partial charge in [0, 0.05) is 18.7 Å². The van der Waals surface area contributed by atoms with Gasteiger partial charge in [-0.2, -0.15) is 0 Å². The van der Waals surface area contributed by atoms with E-state index < -0.39 is 6.04 Å². The zero-order valence-corrected chi connectivity index (χ0v) is 11.7. The van der Waals surface area contributed by atoms with Crippen molar-refractivity contribution in [3.8, 4) is 11.5 Å². The number of carbonyl (C=O) groups is 2. The first kappa shape index (κ1) is 15.1. The second kappa shape index (κ2) is 6.45. The number of benzene rings is 1. The van der Waals surface area contributed by atoms with Crippen LogP contribution in [0.1, 0.15) is 17.3 Å². The predicted molar refractivity (Wildman–Crippen MR) is 74.1 cm³/mol. The van der Waals surface area contributed by atoms with E-state index >= 15 is 0 Å². The molecule has 1 aliphatic rings. The summed E-state index contributed by atoms with van der Waals surface area (Å²) in [5.74, 6) is -1.32. The number of likely N-dealkylation sites (N-methyl/N-ethyl adjacent to an activating group) is 1. The topological polar surface area (TPSA) is 99.1 Å². The first-order valence-electron chi connectivity index (χ1n) is 6.73. The lowest BCUT2D eigenvalue weighted by molar-refractivity contribution is -0.130. The molecule has 21 heavy (non-hydrogen) atoms. The van der Waals surface area contributed by atoms with Crippen LogP contribution >= 0.6 is 0 Å². The number of aromatic hydroxyl groups is 2. The van der Waals surface area contributed by atoms with Crippen LogP contribution in [0.2, 0.25) is 0 Å². The van der Waals surface area contributed by atoms with Crippen LogP contribution in [0.25, 0.3) is 0 Å². The number of phenolic OH excluding ortho intramolecular Hbond substituents is 2. The molecular weight excluding hydrogens is 276 g/mol. The Labute approximate surface area is 122 Å². The van der Waals surface area contributed by atoms with Crippen LogP contribution < -0.4 is 5.32 Å². The highest BCUT2D eigenvalue weighted by molar-refractivity contribution is 5.98. The number of nitrogens with zero attached hydrogens (tertiary/aromatic N) is 1. The highest BCUT2D eigenvalue weighted by Crippen LogP contribution is 2.26. The van der Waals surface area contributed by atoms with E-state index in [1.165, 1.54) is 23.1 Å². The molecule has 0 saturated carbocycles. The number of morpholine rings is 1. The summed E-state index contributed by atoms with van der Waals surface area (Å²) in [4.78, 5) is 25.9. The van der Waals surface area contributed by atoms with Crippen molar-refractivity contribution in [1.29, 1.82) is 0 Å². The molecule has 1 aromatic carbocycles. The van der Waals surface area contributed by atoms with E-state index in [1.54, 1.807) is 6.92 Å². The van der Waals surface area contributed by atoms with Crippen LogP contribution in [0, 0.1) is 0 Å². The van der Waals surface area contributed by atoms with Crippen molar-refractivity contribution < 1.29 is 24.5 Å². The van der Waals surface area contributed by atoms with E-state index in [1.807, 2.05) is 0 Å². The van der Waals surface area contributed by atoms with Gasteiger partial charge in [-0.25, -0.2) is 0 Å². The van der Waals surface area contributed by atoms with E-state index in [4.69, 9.17) is 4.74 Å². The quantitative estimate of drug-likeness (QED) is 0.685. The molecule has 0 aromatic heterocycles. The second-order valence-electron chi connectivity index (χ2n) is 4.69. The van der Waals surface area contributed by atoms with Crippen molar-refractivity contribution in [2.45, 2.75) is 13.0 Å². The lowest BCUT2D eigenvalue weighted by atomic mass is 10.1. The summed E-state index contributed by atoms with van der Waals surface area (Å²) >= 11 is 0. The van der Waals surface area contributed by atoms with Gasteiger partial charge in [0.1, 0.15) is 6.04 Å². The van der Waals surface area contributed by atoms with Crippen LogP contribution in [-0.4, -0.2) is 59.3 Å². The molecule has 3 N–H and O–H groups in total. The number of phenols is 2. The predicted octanol–water partition coefficient (Wildman–Crippen LogP) is 0.0749. The molecule has 0 radical (unpaired) electrons. The Morgan fingerprint density at radius 2 is 2.14 bits per heavy atom. The number of amides is 2. The minimum Gasteiger partial charge on any atom is -0.504 e. The van der Waals surface area contributed by atoms with Crippen molar-refractivity contribution in [3.63, 3.8) is 0 Å². The Morgan fingerprint density at radius 1 is 1.38 bits per heavy atom. The van der Waals surface area contributed by atoms with Gasteiger partial charge in [-0.3, -0.25) is 9.59 Å². The summed E-state index contributed by atoms with van der Waals surface area (Å²) in [5.41, 5.74) is 0.210. The molecule has 0 aliphatic carbocycles. The molecule has 1 unspecified atom stereocenters. The van der Waals surface area contributed by atoms with Crippen LogP contribution in [-0.2, 0) is 9.53 Å².